The summed E-state index contributed by atoms with van der Waals surface area (Å²) in [5.74, 6) is -3.73. The van der Waals surface area contributed by atoms with Crippen LogP contribution >= 0.6 is 62.6 Å². The molecule has 35 nitrogen and oxygen atoms in total. The van der Waals surface area contributed by atoms with E-state index in [-0.39, 0.29) is 65.4 Å². The molecule has 0 aliphatic heterocycles. The topological polar surface area (TPSA) is 550 Å². The summed E-state index contributed by atoms with van der Waals surface area (Å²) >= 11 is 0. The average molecular weight is 1280 g/mol. The van der Waals surface area contributed by atoms with Crippen molar-refractivity contribution in [3.05, 3.63) is 11.5 Å². The molecule has 0 aliphatic carbocycles. The second-order valence-corrected chi connectivity index (χ2v) is 22.3. The zero-order valence-electron chi connectivity index (χ0n) is 33.5. The van der Waals surface area contributed by atoms with E-state index in [4.69, 9.17) is 21.3 Å². The number of phosphoric ester groups is 8. The number of rotatable bonds is 42. The van der Waals surface area contributed by atoms with Gasteiger partial charge in [-0.05, 0) is 11.8 Å². The van der Waals surface area contributed by atoms with Gasteiger partial charge in [0, 0.05) is 77.9 Å². The third kappa shape index (κ3) is 43.3. The molecule has 0 fully saturated rings. The van der Waals surface area contributed by atoms with Gasteiger partial charge >= 0.3 is 0 Å². The van der Waals surface area contributed by atoms with Crippen molar-refractivity contribution >= 4 is 62.6 Å². The molecular formula is C20H42FN3O32P8Y2-10. The summed E-state index contributed by atoms with van der Waals surface area (Å²) in [7, 11) is -41.8. The summed E-state index contributed by atoms with van der Waals surface area (Å²) in [6.07, 6.45) is 0. The van der Waals surface area contributed by atoms with E-state index in [0.29, 0.717) is 0 Å². The van der Waals surface area contributed by atoms with E-state index in [1.165, 1.54) is 0 Å². The Labute approximate surface area is 425 Å². The third-order valence-corrected chi connectivity index (χ3v) is 12.9. The summed E-state index contributed by atoms with van der Waals surface area (Å²) in [5, 5.41) is 0. The van der Waals surface area contributed by atoms with E-state index in [0.717, 1.165) is 5.54 Å². The summed E-state index contributed by atoms with van der Waals surface area (Å²) < 4.78 is 165. The number of halogens is 1. The maximum absolute atomic E-state index is 12.8. The molecule has 10 atom stereocenters. The van der Waals surface area contributed by atoms with E-state index >= 15 is 0 Å². The predicted molar refractivity (Wildman–Crippen MR) is 187 cm³/mol. The maximum atomic E-state index is 12.8. The summed E-state index contributed by atoms with van der Waals surface area (Å²) in [4.78, 5) is 109. The molecule has 66 heavy (non-hydrogen) atoms. The monoisotopic (exact) mass is 1280 g/mol. The number of hydrogen-bond acceptors (Lipinski definition) is 31. The first kappa shape index (κ1) is 73.1. The third-order valence-electron chi connectivity index (χ3n) is 6.09. The normalized spacial score (nSPS) is 20.7. The van der Waals surface area contributed by atoms with Crippen molar-refractivity contribution in [3.8, 4) is 0 Å². The molecule has 0 bridgehead atoms. The molecule has 46 heteroatoms. The van der Waals surface area contributed by atoms with E-state index in [1.807, 2.05) is 0 Å². The molecule has 0 aromatic rings. The van der Waals surface area contributed by atoms with E-state index in [2.05, 4.69) is 63.3 Å². The van der Waals surface area contributed by atoms with Crippen molar-refractivity contribution in [1.29, 1.82) is 0 Å². The Hall–Kier alpha value is 2.90. The first-order chi connectivity index (χ1) is 29.2. The van der Waals surface area contributed by atoms with Crippen LogP contribution in [-0.4, -0.2) is 122 Å². The largest absolute Gasteiger partial charge is 0.756 e. The SMILES string of the molecule is [NH-]CC(COP(=O)([O-])O)COP(=O)([O-])OCCOP(=O)([O-])OCCOP(=O)([O-])OCC(CNF)COP(=O)([O-])OCCOP(=O)([O-])OCCOP(=O)([O-])OCC(C[NH-])COP(=O)([O-])O.[Y].[Y]. The van der Waals surface area contributed by atoms with Crippen LogP contribution in [0.15, 0.2) is 0 Å². The van der Waals surface area contributed by atoms with Crippen molar-refractivity contribution in [2.45, 2.75) is 0 Å². The van der Waals surface area contributed by atoms with Gasteiger partial charge in [0.25, 0.3) is 62.6 Å². The van der Waals surface area contributed by atoms with Gasteiger partial charge in [0.1, 0.15) is 0 Å². The Morgan fingerprint density at radius 1 is 0.379 bits per heavy atom. The average Bonchev–Trinajstić information content (AvgIpc) is 3.16. The molecule has 0 heterocycles. The fraction of sp³-hybridized carbons (Fsp3) is 1.00. The maximum Gasteiger partial charge on any atom is 0.268 e. The Bertz CT molecular complexity index is 1620. The van der Waals surface area contributed by atoms with Gasteiger partial charge in [-0.3, -0.25) is 36.5 Å². The minimum Gasteiger partial charge on any atom is -0.756 e. The fourth-order valence-electron chi connectivity index (χ4n) is 3.21. The van der Waals surface area contributed by atoms with Crippen LogP contribution < -0.4 is 44.7 Å². The van der Waals surface area contributed by atoms with Crippen LogP contribution in [-0.2, 0) is 165 Å². The molecule has 0 saturated heterocycles. The van der Waals surface area contributed by atoms with Gasteiger partial charge in [-0.15, -0.1) is 17.6 Å². The zero-order chi connectivity index (χ0) is 49.4. The first-order valence-electron chi connectivity index (χ1n) is 16.8. The number of nitrogens with one attached hydrogen (secondary N) is 3. The van der Waals surface area contributed by atoms with Crippen LogP contribution in [0.2, 0.25) is 0 Å². The van der Waals surface area contributed by atoms with Gasteiger partial charge in [0.05, 0.1) is 92.5 Å². The van der Waals surface area contributed by atoms with Crippen molar-refractivity contribution in [2.24, 2.45) is 17.8 Å². The number of hydrogen-bond donors (Lipinski definition) is 3. The second-order valence-electron chi connectivity index (χ2n) is 11.4. The Balaban J connectivity index is -0.0000198. The molecule has 10 unspecified atom stereocenters. The molecule has 0 spiro atoms. The van der Waals surface area contributed by atoms with Gasteiger partial charge in [0.2, 0.25) is 0 Å². The predicted octanol–water partition coefficient (Wildman–Crippen LogP) is -3.63. The molecule has 392 valence electrons. The number of phosphoric acid groups is 8. The van der Waals surface area contributed by atoms with Crippen LogP contribution in [0.1, 0.15) is 0 Å². The molecule has 0 rings (SSSR count). The van der Waals surface area contributed by atoms with Crippen molar-refractivity contribution < 1.29 is 219 Å². The minimum atomic E-state index is -5.33. The van der Waals surface area contributed by atoms with E-state index in [9.17, 15) is 80.1 Å². The molecule has 2 radical (unpaired) electrons. The van der Waals surface area contributed by atoms with Gasteiger partial charge in [-0.1, -0.05) is 0 Å². The summed E-state index contributed by atoms with van der Waals surface area (Å²) in [5.41, 5.74) is 15.5. The summed E-state index contributed by atoms with van der Waals surface area (Å²) in [6.45, 7) is -15.4. The Morgan fingerprint density at radius 2 is 0.561 bits per heavy atom. The van der Waals surface area contributed by atoms with Gasteiger partial charge in [-0.2, -0.15) is 5.54 Å². The first-order valence-corrected chi connectivity index (χ1v) is 28.6. The smallest absolute Gasteiger partial charge is 0.268 e. The second kappa shape index (κ2) is 36.0. The Kier molecular flexibility index (Phi) is 39.9. The van der Waals surface area contributed by atoms with Crippen LogP contribution in [0.3, 0.4) is 0 Å². The van der Waals surface area contributed by atoms with Crippen LogP contribution in [0.25, 0.3) is 11.5 Å². The molecule has 0 amide bonds. The molecule has 0 aliphatic rings. The molecular weight excluding hydrogens is 1240 g/mol. The zero-order valence-corrected chi connectivity index (χ0v) is 46.3. The van der Waals surface area contributed by atoms with Crippen molar-refractivity contribution in [1.82, 2.24) is 5.54 Å². The standard InChI is InChI=1S/C20H50FN3O32P8.2Y/c21-24-11-20(16-55-63(39,40)49-7-3-45-59(31,32)43-1-5-47-61(35,36)53-14-18(9-22)12-51-57(25,26)27)17-56-64(41,42)50-8-4-46-60(33,34)44-2-6-48-62(37,38)54-15-19(10-23)13-52-58(28,29)30;;/h18-20,22-24H,1-17H2,(H,31,32)(H,33,34)(H,35,36)(H,37,38)(H,39,40)(H,41,42)(H2,25,26,27)(H2,28,29,30);;/q-2;;/p-8. The molecule has 0 saturated carbocycles. The van der Waals surface area contributed by atoms with Crippen LogP contribution in [0.4, 0.5) is 4.48 Å². The van der Waals surface area contributed by atoms with Crippen molar-refractivity contribution in [2.75, 3.05) is 112 Å². The van der Waals surface area contributed by atoms with Crippen molar-refractivity contribution in [3.63, 3.8) is 0 Å². The van der Waals surface area contributed by atoms with Gasteiger partial charge < -0.3 is 124 Å². The molecule has 5 N–H and O–H groups in total. The van der Waals surface area contributed by atoms with Crippen LogP contribution in [0, 0.1) is 17.8 Å². The van der Waals surface area contributed by atoms with E-state index < -0.39 is 192 Å². The quantitative estimate of drug-likeness (QED) is 0.0302. The Morgan fingerprint density at radius 3 is 0.742 bits per heavy atom. The van der Waals surface area contributed by atoms with Gasteiger partial charge in [0.15, 0.2) is 0 Å². The van der Waals surface area contributed by atoms with Gasteiger partial charge in [-0.25, -0.2) is 0 Å². The minimum absolute atomic E-state index is 0. The van der Waals surface area contributed by atoms with E-state index in [1.54, 1.807) is 0 Å². The fourth-order valence-corrected chi connectivity index (χ4v) is 8.41. The van der Waals surface area contributed by atoms with Crippen LogP contribution in [0.5, 0.6) is 0 Å². The summed E-state index contributed by atoms with van der Waals surface area (Å²) in [6, 6.07) is 0. The molecule has 0 aromatic carbocycles. The molecule has 0 aromatic heterocycles.